The van der Waals surface area contributed by atoms with Crippen LogP contribution in [0.2, 0.25) is 5.02 Å². The van der Waals surface area contributed by atoms with Crippen LogP contribution in [0.1, 0.15) is 41.1 Å². The Morgan fingerprint density at radius 3 is 2.53 bits per heavy atom. The lowest BCUT2D eigenvalue weighted by molar-refractivity contribution is -0.135. The average Bonchev–Trinajstić information content (AvgIpc) is 3.31. The Labute approximate surface area is 210 Å². The molecule has 2 aromatic rings. The molecule has 3 fully saturated rings. The topological polar surface area (TPSA) is 42.4 Å². The van der Waals surface area contributed by atoms with Crippen molar-refractivity contribution in [1.82, 2.24) is 9.88 Å². The van der Waals surface area contributed by atoms with Gasteiger partial charge in [-0.3, -0.25) is 9.78 Å². The Morgan fingerprint density at radius 1 is 1.06 bits per heavy atom. The molecule has 1 aromatic heterocycles. The molecule has 1 saturated carbocycles. The standard InChI is InChI=1S/C25H25Br2ClN2O2/c26-16-7-15-2-1-14-8-17(28)9-20(27)21(14)22(24(15)29-10-16)13-3-5-30(6-4-13)25(31)23-18-11-32-12-19(18)23/h7-10,13,18-19,22-23H,1-6,11-12H2/t18?,19?,22-,23?/m1/s1. The van der Waals surface area contributed by atoms with Gasteiger partial charge in [0.15, 0.2) is 0 Å². The Hall–Kier alpha value is -0.950. The molecule has 0 bridgehead atoms. The molecule has 7 heteroatoms. The third-order valence-electron chi connectivity index (χ3n) is 7.98. The van der Waals surface area contributed by atoms with Crippen LogP contribution < -0.4 is 0 Å². The first-order valence-corrected chi connectivity index (χ1v) is 13.5. The fourth-order valence-electron chi connectivity index (χ4n) is 6.30. The van der Waals surface area contributed by atoms with Crippen LogP contribution in [0.3, 0.4) is 0 Å². The molecule has 4 nitrogen and oxygen atoms in total. The number of pyridine rings is 1. The van der Waals surface area contributed by atoms with E-state index in [0.717, 1.165) is 66.0 Å². The number of halogens is 3. The van der Waals surface area contributed by atoms with Gasteiger partial charge < -0.3 is 9.64 Å². The monoisotopic (exact) mass is 578 g/mol. The number of aryl methyl sites for hydroxylation is 2. The number of likely N-dealkylation sites (tertiary alicyclic amines) is 1. The number of rotatable bonds is 2. The van der Waals surface area contributed by atoms with Gasteiger partial charge in [-0.15, -0.1) is 0 Å². The number of carbonyl (C=O) groups excluding carboxylic acids is 1. The van der Waals surface area contributed by atoms with Crippen LogP contribution in [0, 0.1) is 23.7 Å². The number of hydrogen-bond acceptors (Lipinski definition) is 3. The van der Waals surface area contributed by atoms with Gasteiger partial charge in [0, 0.05) is 45.1 Å². The van der Waals surface area contributed by atoms with E-state index in [1.165, 1.54) is 22.4 Å². The molecule has 3 atom stereocenters. The molecular formula is C25H25Br2ClN2O2. The lowest BCUT2D eigenvalue weighted by atomic mass is 9.76. The van der Waals surface area contributed by atoms with Gasteiger partial charge in [-0.05, 0) is 94.3 Å². The van der Waals surface area contributed by atoms with Crippen LogP contribution in [-0.4, -0.2) is 42.1 Å². The van der Waals surface area contributed by atoms with Crippen molar-refractivity contribution in [3.05, 3.63) is 60.7 Å². The Bertz CT molecular complexity index is 1080. The van der Waals surface area contributed by atoms with Gasteiger partial charge in [-0.1, -0.05) is 27.5 Å². The zero-order chi connectivity index (χ0) is 22.0. The minimum absolute atomic E-state index is 0.216. The van der Waals surface area contributed by atoms with Crippen LogP contribution in [0.4, 0.5) is 0 Å². The highest BCUT2D eigenvalue weighted by Crippen LogP contribution is 2.52. The highest BCUT2D eigenvalue weighted by atomic mass is 79.9. The molecule has 3 heterocycles. The minimum Gasteiger partial charge on any atom is -0.381 e. The Kier molecular flexibility index (Phi) is 5.64. The van der Waals surface area contributed by atoms with Crippen molar-refractivity contribution in [1.29, 1.82) is 0 Å². The summed E-state index contributed by atoms with van der Waals surface area (Å²) in [6, 6.07) is 6.37. The number of piperidine rings is 1. The first-order chi connectivity index (χ1) is 15.5. The molecule has 2 saturated heterocycles. The molecule has 1 amide bonds. The molecule has 2 aliphatic carbocycles. The summed E-state index contributed by atoms with van der Waals surface area (Å²) in [6.07, 6.45) is 5.84. The molecule has 0 spiro atoms. The SMILES string of the molecule is O=C(C1C2COCC21)N1CCC([C@H]2c3ncc(Br)cc3CCc3cc(Cl)cc(Br)c32)CC1. The number of amides is 1. The van der Waals surface area contributed by atoms with Crippen molar-refractivity contribution in [3.8, 4) is 0 Å². The van der Waals surface area contributed by atoms with E-state index >= 15 is 0 Å². The third-order valence-corrected chi connectivity index (χ3v) is 9.29. The van der Waals surface area contributed by atoms with Gasteiger partial charge in [-0.25, -0.2) is 0 Å². The smallest absolute Gasteiger partial charge is 0.226 e. The maximum Gasteiger partial charge on any atom is 0.226 e. The van der Waals surface area contributed by atoms with Crippen LogP contribution in [0.5, 0.6) is 0 Å². The van der Waals surface area contributed by atoms with Gasteiger partial charge in [0.2, 0.25) is 5.91 Å². The quantitative estimate of drug-likeness (QED) is 0.463. The van der Waals surface area contributed by atoms with E-state index in [0.29, 0.717) is 23.7 Å². The molecule has 2 unspecified atom stereocenters. The normalized spacial score (nSPS) is 29.2. The van der Waals surface area contributed by atoms with E-state index in [2.05, 4.69) is 48.9 Å². The second-order valence-electron chi connectivity index (χ2n) is 9.69. The summed E-state index contributed by atoms with van der Waals surface area (Å²) >= 11 is 13.9. The minimum atomic E-state index is 0.216. The molecule has 2 aliphatic heterocycles. The van der Waals surface area contributed by atoms with Crippen LogP contribution >= 0.6 is 43.5 Å². The molecular weight excluding hydrogens is 556 g/mol. The average molecular weight is 581 g/mol. The Balaban J connectivity index is 1.29. The van der Waals surface area contributed by atoms with E-state index in [1.54, 1.807) is 0 Å². The third kappa shape index (κ3) is 3.66. The van der Waals surface area contributed by atoms with Gasteiger partial charge in [0.05, 0.1) is 18.9 Å². The van der Waals surface area contributed by atoms with E-state index in [1.807, 2.05) is 12.3 Å². The lowest BCUT2D eigenvalue weighted by Gasteiger charge is -2.37. The van der Waals surface area contributed by atoms with Crippen LogP contribution in [0.25, 0.3) is 0 Å². The second kappa shape index (κ2) is 8.37. The number of ether oxygens (including phenoxy) is 1. The summed E-state index contributed by atoms with van der Waals surface area (Å²) in [7, 11) is 0. The lowest BCUT2D eigenvalue weighted by Crippen LogP contribution is -2.41. The molecule has 32 heavy (non-hydrogen) atoms. The van der Waals surface area contributed by atoms with Gasteiger partial charge in [0.25, 0.3) is 0 Å². The van der Waals surface area contributed by atoms with E-state index in [-0.39, 0.29) is 11.8 Å². The summed E-state index contributed by atoms with van der Waals surface area (Å²) in [5.74, 6) is 2.19. The second-order valence-corrected chi connectivity index (χ2v) is 11.9. The van der Waals surface area contributed by atoms with Crippen LogP contribution in [-0.2, 0) is 22.4 Å². The molecule has 0 N–H and O–H groups in total. The van der Waals surface area contributed by atoms with Gasteiger partial charge >= 0.3 is 0 Å². The number of carbonyl (C=O) groups is 1. The van der Waals surface area contributed by atoms with E-state index in [4.69, 9.17) is 21.3 Å². The molecule has 4 aliphatic rings. The maximum atomic E-state index is 13.1. The number of fused-ring (bicyclic) bond motifs is 3. The highest BCUT2D eigenvalue weighted by Gasteiger charge is 2.59. The molecule has 0 radical (unpaired) electrons. The van der Waals surface area contributed by atoms with Crippen molar-refractivity contribution in [2.75, 3.05) is 26.3 Å². The zero-order valence-electron chi connectivity index (χ0n) is 17.7. The van der Waals surface area contributed by atoms with Crippen molar-refractivity contribution < 1.29 is 9.53 Å². The maximum absolute atomic E-state index is 13.1. The molecule has 1 aromatic carbocycles. The number of benzene rings is 1. The largest absolute Gasteiger partial charge is 0.381 e. The predicted octanol–water partition coefficient (Wildman–Crippen LogP) is 5.62. The first-order valence-electron chi connectivity index (χ1n) is 11.5. The number of hydrogen-bond donors (Lipinski definition) is 0. The summed E-state index contributed by atoms with van der Waals surface area (Å²) in [4.78, 5) is 20.1. The fraction of sp³-hybridized carbons (Fsp3) is 0.520. The molecule has 6 rings (SSSR count). The van der Waals surface area contributed by atoms with Crippen molar-refractivity contribution in [3.63, 3.8) is 0 Å². The predicted molar refractivity (Wildman–Crippen MR) is 131 cm³/mol. The number of aromatic nitrogens is 1. The van der Waals surface area contributed by atoms with Crippen molar-refractivity contribution in [2.24, 2.45) is 23.7 Å². The van der Waals surface area contributed by atoms with E-state index in [9.17, 15) is 4.79 Å². The van der Waals surface area contributed by atoms with Crippen LogP contribution in [0.15, 0.2) is 33.3 Å². The van der Waals surface area contributed by atoms with E-state index < -0.39 is 0 Å². The number of nitrogens with zero attached hydrogens (tertiary/aromatic N) is 2. The highest BCUT2D eigenvalue weighted by molar-refractivity contribution is 9.10. The summed E-state index contributed by atoms with van der Waals surface area (Å²) in [6.45, 7) is 3.21. The fourth-order valence-corrected chi connectivity index (χ4v) is 7.80. The van der Waals surface area contributed by atoms with Crippen molar-refractivity contribution in [2.45, 2.75) is 31.6 Å². The summed E-state index contributed by atoms with van der Waals surface area (Å²) in [5, 5.41) is 0.772. The first kappa shape index (κ1) is 21.6. The zero-order valence-corrected chi connectivity index (χ0v) is 21.6. The molecule has 168 valence electrons. The van der Waals surface area contributed by atoms with Gasteiger partial charge in [0.1, 0.15) is 0 Å². The summed E-state index contributed by atoms with van der Waals surface area (Å²) in [5.41, 5.74) is 5.15. The van der Waals surface area contributed by atoms with Crippen molar-refractivity contribution >= 4 is 49.4 Å². The summed E-state index contributed by atoms with van der Waals surface area (Å²) < 4.78 is 7.58. The Morgan fingerprint density at radius 2 is 1.78 bits per heavy atom. The van der Waals surface area contributed by atoms with Gasteiger partial charge in [-0.2, -0.15) is 0 Å².